The maximum Gasteiger partial charge on any atom is 0.223 e. The van der Waals surface area contributed by atoms with Crippen molar-refractivity contribution >= 4 is 22.6 Å². The Morgan fingerprint density at radius 1 is 1.36 bits per heavy atom. The van der Waals surface area contributed by atoms with Crippen molar-refractivity contribution in [3.63, 3.8) is 0 Å². The lowest BCUT2D eigenvalue weighted by molar-refractivity contribution is -0.116. The average Bonchev–Trinajstić information content (AvgIpc) is 2.60. The Labute approximate surface area is 81.9 Å². The van der Waals surface area contributed by atoms with Crippen LogP contribution < -0.4 is 4.90 Å². The molecule has 0 saturated carbocycles. The van der Waals surface area contributed by atoms with Gasteiger partial charge in [-0.2, -0.15) is 0 Å². The molecule has 1 aromatic carbocycles. The van der Waals surface area contributed by atoms with E-state index in [0.717, 1.165) is 16.7 Å². The molecule has 3 heteroatoms. The zero-order valence-corrected chi connectivity index (χ0v) is 8.15. The Morgan fingerprint density at radius 3 is 2.79 bits per heavy atom. The van der Waals surface area contributed by atoms with Gasteiger partial charge in [-0.05, 0) is 12.1 Å². The second kappa shape index (κ2) is 3.18. The first-order valence-corrected chi connectivity index (χ1v) is 4.40. The van der Waals surface area contributed by atoms with Gasteiger partial charge in [0.05, 0.1) is 5.69 Å². The number of fused-ring (bicyclic) bond motifs is 1. The smallest absolute Gasteiger partial charge is 0.223 e. The predicted octanol–water partition coefficient (Wildman–Crippen LogP) is 2.42. The number of carbonyl (C=O) groups excluding carboxylic acids is 1. The molecule has 14 heavy (non-hydrogen) atoms. The Morgan fingerprint density at radius 2 is 2.07 bits per heavy atom. The van der Waals surface area contributed by atoms with Gasteiger partial charge in [0.1, 0.15) is 11.8 Å². The molecule has 0 unspecified atom stereocenters. The lowest BCUT2D eigenvalue weighted by Gasteiger charge is -2.11. The number of benzene rings is 1. The summed E-state index contributed by atoms with van der Waals surface area (Å²) in [7, 11) is 1.74. The Bertz CT molecular complexity index is 473. The zero-order chi connectivity index (χ0) is 10.1. The van der Waals surface area contributed by atoms with Crippen LogP contribution in [-0.4, -0.2) is 13.0 Å². The van der Waals surface area contributed by atoms with Crippen LogP contribution in [-0.2, 0) is 4.79 Å². The van der Waals surface area contributed by atoms with Crippen molar-refractivity contribution in [3.05, 3.63) is 30.5 Å². The fraction of sp³-hybridized carbons (Fsp3) is 0.182. The summed E-state index contributed by atoms with van der Waals surface area (Å²) < 4.78 is 5.33. The van der Waals surface area contributed by atoms with Crippen LogP contribution >= 0.6 is 0 Å². The number of amides is 1. The van der Waals surface area contributed by atoms with Gasteiger partial charge in [-0.15, -0.1) is 0 Å². The molecule has 2 rings (SSSR count). The Kier molecular flexibility index (Phi) is 2.00. The fourth-order valence-electron chi connectivity index (χ4n) is 1.39. The highest BCUT2D eigenvalue weighted by Crippen LogP contribution is 2.27. The number of anilines is 1. The minimum Gasteiger partial charge on any atom is -0.462 e. The van der Waals surface area contributed by atoms with Gasteiger partial charge in [0.25, 0.3) is 0 Å². The van der Waals surface area contributed by atoms with Crippen LogP contribution in [0.2, 0.25) is 0 Å². The lowest BCUT2D eigenvalue weighted by Crippen LogP contribution is -2.22. The van der Waals surface area contributed by atoms with E-state index in [0.29, 0.717) is 0 Å². The van der Waals surface area contributed by atoms with Crippen LogP contribution in [0.1, 0.15) is 6.92 Å². The summed E-state index contributed by atoms with van der Waals surface area (Å²) in [5.41, 5.74) is 1.61. The van der Waals surface area contributed by atoms with E-state index in [-0.39, 0.29) is 5.91 Å². The molecule has 0 aliphatic rings. The molecule has 0 aliphatic carbocycles. The van der Waals surface area contributed by atoms with Crippen LogP contribution in [0.3, 0.4) is 0 Å². The second-order valence-electron chi connectivity index (χ2n) is 3.20. The second-order valence-corrected chi connectivity index (χ2v) is 3.20. The third-order valence-electron chi connectivity index (χ3n) is 2.29. The first kappa shape index (κ1) is 8.81. The molecule has 72 valence electrons. The van der Waals surface area contributed by atoms with E-state index in [2.05, 4.69) is 0 Å². The van der Waals surface area contributed by atoms with Crippen molar-refractivity contribution < 1.29 is 9.21 Å². The van der Waals surface area contributed by atoms with Gasteiger partial charge < -0.3 is 9.32 Å². The molecule has 1 aromatic heterocycles. The predicted molar refractivity (Wildman–Crippen MR) is 55.3 cm³/mol. The average molecular weight is 189 g/mol. The SMILES string of the molecule is CC(=O)N(C)c1coc2ccccc12. The summed E-state index contributed by atoms with van der Waals surface area (Å²) in [6.45, 7) is 1.53. The largest absolute Gasteiger partial charge is 0.462 e. The molecule has 0 saturated heterocycles. The maximum absolute atomic E-state index is 11.2. The topological polar surface area (TPSA) is 33.5 Å². The fourth-order valence-corrected chi connectivity index (χ4v) is 1.39. The molecule has 0 spiro atoms. The quantitative estimate of drug-likeness (QED) is 0.690. The van der Waals surface area contributed by atoms with Crippen molar-refractivity contribution in [1.82, 2.24) is 0 Å². The summed E-state index contributed by atoms with van der Waals surface area (Å²) in [4.78, 5) is 12.7. The van der Waals surface area contributed by atoms with E-state index in [9.17, 15) is 4.79 Å². The number of para-hydroxylation sites is 1. The van der Waals surface area contributed by atoms with Crippen LogP contribution in [0.4, 0.5) is 5.69 Å². The highest BCUT2D eigenvalue weighted by Gasteiger charge is 2.11. The third kappa shape index (κ3) is 1.27. The first-order valence-electron chi connectivity index (χ1n) is 4.40. The molecular weight excluding hydrogens is 178 g/mol. The highest BCUT2D eigenvalue weighted by molar-refractivity contribution is 6.01. The van der Waals surface area contributed by atoms with E-state index in [1.54, 1.807) is 18.2 Å². The molecule has 3 nitrogen and oxygen atoms in total. The monoisotopic (exact) mass is 189 g/mol. The van der Waals surface area contributed by atoms with Crippen molar-refractivity contribution in [2.75, 3.05) is 11.9 Å². The van der Waals surface area contributed by atoms with E-state index >= 15 is 0 Å². The number of nitrogens with zero attached hydrogens (tertiary/aromatic N) is 1. The molecule has 0 atom stereocenters. The van der Waals surface area contributed by atoms with Crippen LogP contribution in [0, 0.1) is 0 Å². The number of carbonyl (C=O) groups is 1. The summed E-state index contributed by atoms with van der Waals surface area (Å²) >= 11 is 0. The third-order valence-corrected chi connectivity index (χ3v) is 2.29. The maximum atomic E-state index is 11.2. The molecule has 2 aromatic rings. The van der Waals surface area contributed by atoms with E-state index in [4.69, 9.17) is 4.42 Å². The van der Waals surface area contributed by atoms with Gasteiger partial charge in [0.15, 0.2) is 0 Å². The summed E-state index contributed by atoms with van der Waals surface area (Å²) in [5.74, 6) is -0.00319. The van der Waals surface area contributed by atoms with Gasteiger partial charge >= 0.3 is 0 Å². The number of furan rings is 1. The number of hydrogen-bond acceptors (Lipinski definition) is 2. The Balaban J connectivity index is 2.58. The molecule has 0 N–H and O–H groups in total. The van der Waals surface area contributed by atoms with E-state index in [1.165, 1.54) is 6.92 Å². The number of rotatable bonds is 1. The molecule has 0 aliphatic heterocycles. The zero-order valence-electron chi connectivity index (χ0n) is 8.15. The van der Waals surface area contributed by atoms with Gasteiger partial charge in [-0.25, -0.2) is 0 Å². The van der Waals surface area contributed by atoms with Crippen LogP contribution in [0.25, 0.3) is 11.0 Å². The molecule has 0 fully saturated rings. The van der Waals surface area contributed by atoms with Gasteiger partial charge in [-0.3, -0.25) is 4.79 Å². The summed E-state index contributed by atoms with van der Waals surface area (Å²) in [5, 5.41) is 0.963. The molecular formula is C11H11NO2. The van der Waals surface area contributed by atoms with Crippen molar-refractivity contribution in [2.24, 2.45) is 0 Å². The molecule has 1 heterocycles. The highest BCUT2D eigenvalue weighted by atomic mass is 16.3. The summed E-state index contributed by atoms with van der Waals surface area (Å²) in [6.07, 6.45) is 1.60. The van der Waals surface area contributed by atoms with Crippen LogP contribution in [0.15, 0.2) is 34.9 Å². The molecule has 0 radical (unpaired) electrons. The van der Waals surface area contributed by atoms with Crippen molar-refractivity contribution in [2.45, 2.75) is 6.92 Å². The van der Waals surface area contributed by atoms with Crippen LogP contribution in [0.5, 0.6) is 0 Å². The molecule has 0 bridgehead atoms. The van der Waals surface area contributed by atoms with E-state index in [1.807, 2.05) is 24.3 Å². The minimum absolute atomic E-state index is 0.00319. The normalized spacial score (nSPS) is 10.4. The lowest BCUT2D eigenvalue weighted by atomic mass is 10.2. The van der Waals surface area contributed by atoms with E-state index < -0.39 is 0 Å². The number of hydrogen-bond donors (Lipinski definition) is 0. The minimum atomic E-state index is -0.00319. The standard InChI is InChI=1S/C11H11NO2/c1-8(13)12(2)10-7-14-11-6-4-3-5-9(10)11/h3-7H,1-2H3. The first-order chi connectivity index (χ1) is 6.70. The van der Waals surface area contributed by atoms with Gasteiger partial charge in [-0.1, -0.05) is 12.1 Å². The Hall–Kier alpha value is -1.77. The van der Waals surface area contributed by atoms with Gasteiger partial charge in [0, 0.05) is 19.4 Å². The van der Waals surface area contributed by atoms with Crippen molar-refractivity contribution in [3.8, 4) is 0 Å². The van der Waals surface area contributed by atoms with Crippen molar-refractivity contribution in [1.29, 1.82) is 0 Å². The molecule has 1 amide bonds. The summed E-state index contributed by atoms with van der Waals surface area (Å²) in [6, 6.07) is 7.65. The van der Waals surface area contributed by atoms with Gasteiger partial charge in [0.2, 0.25) is 5.91 Å².